The number of hydrogen-bond acceptors (Lipinski definition) is 13. The molecule has 2 fully saturated rings. The van der Waals surface area contributed by atoms with Gasteiger partial charge in [-0.2, -0.15) is 4.73 Å². The third-order valence-electron chi connectivity index (χ3n) is 11.6. The van der Waals surface area contributed by atoms with E-state index in [0.717, 1.165) is 53.3 Å². The number of H-pyrrole nitrogens is 1. The van der Waals surface area contributed by atoms with E-state index in [1.807, 2.05) is 38.1 Å². The second-order valence-electron chi connectivity index (χ2n) is 16.1. The number of phenols is 1. The summed E-state index contributed by atoms with van der Waals surface area (Å²) in [5, 5.41) is 57.2. The van der Waals surface area contributed by atoms with Gasteiger partial charge in [0.1, 0.15) is 54.0 Å². The molecular formula is C46H49N3O13. The summed E-state index contributed by atoms with van der Waals surface area (Å²) in [6, 6.07) is 17.5. The van der Waals surface area contributed by atoms with Gasteiger partial charge in [0.25, 0.3) is 0 Å². The summed E-state index contributed by atoms with van der Waals surface area (Å²) < 4.78 is 25.5. The first-order valence-electron chi connectivity index (χ1n) is 20.6. The van der Waals surface area contributed by atoms with Crippen LogP contribution in [0.4, 0.5) is 0 Å². The lowest BCUT2D eigenvalue weighted by Crippen LogP contribution is -2.63. The number of carbonyl (C=O) groups is 2. The number of aromatic amines is 1. The van der Waals surface area contributed by atoms with Crippen LogP contribution in [0.15, 0.2) is 94.6 Å². The first-order chi connectivity index (χ1) is 29.9. The van der Waals surface area contributed by atoms with Crippen LogP contribution in [0.3, 0.4) is 0 Å². The molecule has 7 atom stereocenters. The van der Waals surface area contributed by atoms with Crippen LogP contribution in [-0.2, 0) is 19.1 Å². The Balaban J connectivity index is 1.10. The molecule has 3 aromatic heterocycles. The normalized spacial score (nSPS) is 21.5. The Hall–Kier alpha value is -6.17. The van der Waals surface area contributed by atoms with Crippen molar-refractivity contribution in [2.45, 2.75) is 88.7 Å². The number of benzene rings is 3. The van der Waals surface area contributed by atoms with Gasteiger partial charge >= 0.3 is 11.9 Å². The number of aromatic hydroxyl groups is 1. The van der Waals surface area contributed by atoms with Gasteiger partial charge in [-0.15, -0.1) is 0 Å². The van der Waals surface area contributed by atoms with Crippen LogP contribution in [0.25, 0.3) is 44.3 Å². The monoisotopic (exact) mass is 851 g/mol. The molecule has 2 aliphatic rings. The van der Waals surface area contributed by atoms with Crippen molar-refractivity contribution >= 4 is 33.8 Å². The van der Waals surface area contributed by atoms with Crippen LogP contribution >= 0.6 is 0 Å². The van der Waals surface area contributed by atoms with Gasteiger partial charge in [-0.25, -0.2) is 0 Å². The molecule has 6 aromatic rings. The van der Waals surface area contributed by atoms with Crippen molar-refractivity contribution in [1.29, 1.82) is 0 Å². The van der Waals surface area contributed by atoms with Crippen molar-refractivity contribution in [3.05, 3.63) is 107 Å². The smallest absolute Gasteiger partial charge is 0.322 e. The van der Waals surface area contributed by atoms with E-state index in [-0.39, 0.29) is 52.5 Å². The van der Waals surface area contributed by atoms with Crippen LogP contribution in [0, 0.1) is 19.8 Å². The molecule has 0 amide bonds. The number of aryl methyl sites for hydroxylation is 2. The number of carbonyl (C=O) groups excluding carboxylic acids is 1. The largest absolute Gasteiger partial charge is 0.508 e. The molecule has 7 N–H and O–H groups in total. The molecular weight excluding hydrogens is 803 g/mol. The molecule has 0 spiro atoms. The molecule has 4 heterocycles. The zero-order chi connectivity index (χ0) is 43.7. The average molecular weight is 852 g/mol. The maximum absolute atomic E-state index is 13.5. The highest BCUT2D eigenvalue weighted by atomic mass is 16.8. The molecule has 0 radical (unpaired) electrons. The first-order valence-corrected chi connectivity index (χ1v) is 20.6. The van der Waals surface area contributed by atoms with Crippen molar-refractivity contribution in [3.8, 4) is 33.9 Å². The molecule has 1 saturated heterocycles. The third kappa shape index (κ3) is 8.78. The average Bonchev–Trinajstić information content (AvgIpc) is 3.99. The number of aromatic nitrogens is 2. The lowest BCUT2D eigenvalue weighted by molar-refractivity contribution is -0.288. The molecule has 16 nitrogen and oxygen atoms in total. The zero-order valence-electron chi connectivity index (χ0n) is 34.1. The summed E-state index contributed by atoms with van der Waals surface area (Å²) in [5.41, 5.74) is 4.82. The molecule has 7 unspecified atom stereocenters. The molecule has 62 heavy (non-hydrogen) atoms. The van der Waals surface area contributed by atoms with Crippen LogP contribution in [0.5, 0.6) is 11.5 Å². The second-order valence-corrected chi connectivity index (χ2v) is 16.1. The zero-order valence-corrected chi connectivity index (χ0v) is 34.1. The molecule has 1 saturated carbocycles. The minimum absolute atomic E-state index is 0.0112. The molecule has 0 bridgehead atoms. The Kier molecular flexibility index (Phi) is 12.4. The Morgan fingerprint density at radius 1 is 0.968 bits per heavy atom. The van der Waals surface area contributed by atoms with Crippen molar-refractivity contribution in [2.24, 2.45) is 5.92 Å². The quantitative estimate of drug-likeness (QED) is 0.0554. The number of hydrogen-bond donors (Lipinski definition) is 7. The number of aliphatic hydroxyl groups excluding tert-OH is 3. The lowest BCUT2D eigenvalue weighted by Gasteiger charge is -2.41. The molecule has 16 heteroatoms. The van der Waals surface area contributed by atoms with Crippen molar-refractivity contribution < 1.29 is 58.6 Å². The van der Waals surface area contributed by atoms with Crippen molar-refractivity contribution in [2.75, 3.05) is 13.2 Å². The number of carboxylic acid groups (broad SMARTS) is 1. The predicted octanol–water partition coefficient (Wildman–Crippen LogP) is 4.58. The highest BCUT2D eigenvalue weighted by Crippen LogP contribution is 2.34. The van der Waals surface area contributed by atoms with Gasteiger partial charge in [0.05, 0.1) is 22.7 Å². The summed E-state index contributed by atoms with van der Waals surface area (Å²) in [6.07, 6.45) is 0.508. The van der Waals surface area contributed by atoms with Gasteiger partial charge in [-0.3, -0.25) is 14.4 Å². The van der Waals surface area contributed by atoms with E-state index in [1.54, 1.807) is 24.5 Å². The van der Waals surface area contributed by atoms with Crippen molar-refractivity contribution in [3.63, 3.8) is 0 Å². The predicted molar refractivity (Wildman–Crippen MR) is 225 cm³/mol. The van der Waals surface area contributed by atoms with Crippen LogP contribution in [0.2, 0.25) is 0 Å². The maximum atomic E-state index is 13.5. The van der Waals surface area contributed by atoms with Crippen LogP contribution in [0.1, 0.15) is 43.2 Å². The fourth-order valence-corrected chi connectivity index (χ4v) is 8.57. The topological polar surface area (TPSA) is 235 Å². The van der Waals surface area contributed by atoms with Crippen LogP contribution < -0.4 is 20.3 Å². The minimum Gasteiger partial charge on any atom is -0.508 e. The van der Waals surface area contributed by atoms with Crippen LogP contribution in [-0.4, -0.2) is 103 Å². The van der Waals surface area contributed by atoms with Gasteiger partial charge in [0.2, 0.25) is 12.4 Å². The summed E-state index contributed by atoms with van der Waals surface area (Å²) in [4.78, 5) is 49.3. The number of aliphatic carboxylic acids is 1. The van der Waals surface area contributed by atoms with Gasteiger partial charge in [-0.05, 0) is 81.1 Å². The van der Waals surface area contributed by atoms with Gasteiger partial charge in [-0.1, -0.05) is 42.2 Å². The van der Waals surface area contributed by atoms with Gasteiger partial charge in [0, 0.05) is 41.9 Å². The fourth-order valence-electron chi connectivity index (χ4n) is 8.57. The highest BCUT2D eigenvalue weighted by molar-refractivity contribution is 5.95. The number of esters is 1. The molecule has 1 aliphatic heterocycles. The Morgan fingerprint density at radius 3 is 2.42 bits per heavy atom. The number of nitrogens with zero attached hydrogens (tertiary/aromatic N) is 1. The first kappa shape index (κ1) is 42.5. The van der Waals surface area contributed by atoms with E-state index >= 15 is 0 Å². The Labute approximate surface area is 355 Å². The molecule has 326 valence electrons. The Bertz CT molecular complexity index is 2590. The Morgan fingerprint density at radius 2 is 1.71 bits per heavy atom. The number of nitrogens with one attached hydrogen (secondary N) is 2. The van der Waals surface area contributed by atoms with Gasteiger partial charge < -0.3 is 59.3 Å². The summed E-state index contributed by atoms with van der Waals surface area (Å²) >= 11 is 0. The number of ether oxygens (including phenoxy) is 3. The lowest BCUT2D eigenvalue weighted by atomic mass is 9.95. The fraction of sp³-hybridized carbons (Fsp3) is 0.370. The third-order valence-corrected chi connectivity index (χ3v) is 11.6. The number of rotatable bonds is 15. The molecule has 3 aromatic carbocycles. The van der Waals surface area contributed by atoms with Crippen molar-refractivity contribution in [1.82, 2.24) is 15.0 Å². The number of phenolic OH excluding ortho intramolecular Hbond substituents is 1. The number of fused-ring (bicyclic) bond motifs is 2. The second kappa shape index (κ2) is 18.0. The standard InChI is InChI=1S/C46H49N3O13/c1-24-17-25(2)19-28(18-24)39-38-27(13-15-47-38)21-49(39)62-43-42(54)41(53)36(23-59-45(57)37(44(55)56)34(14-16-50)48-29-5-3-4-6-29)61-46(43)60-31-11-12-32-35(20-31)58-22-33(40(32)52)26-7-9-30(51)10-8-26/h7-13,15,17-22,29,34,36-37,41-43,46-48,50-51,53-54H,3-6,14,16,23H2,1-2H3,(H,55,56). The highest BCUT2D eigenvalue weighted by Gasteiger charge is 2.49. The molecule has 8 rings (SSSR count). The summed E-state index contributed by atoms with van der Waals surface area (Å²) in [5.74, 6) is -4.06. The summed E-state index contributed by atoms with van der Waals surface area (Å²) in [7, 11) is 0. The van der Waals surface area contributed by atoms with Gasteiger partial charge in [0.15, 0.2) is 11.3 Å². The minimum atomic E-state index is -1.72. The van der Waals surface area contributed by atoms with E-state index in [1.165, 1.54) is 41.3 Å². The summed E-state index contributed by atoms with van der Waals surface area (Å²) in [6.45, 7) is 2.91. The SMILES string of the molecule is Cc1cc(C)cc(-c2c3[nH]ccc3cn2OC2C(Oc3ccc4c(=O)c(-c5ccc(O)cc5)coc4c3)OC(COC(=O)C(C(=O)O)C(CCO)NC3CCCC3)C(O)C2O)c1. The van der Waals surface area contributed by atoms with E-state index in [9.17, 15) is 39.9 Å². The van der Waals surface area contributed by atoms with E-state index in [4.69, 9.17) is 23.5 Å². The number of aliphatic hydroxyl groups is 3. The molecule has 1 aliphatic carbocycles. The van der Waals surface area contributed by atoms with E-state index < -0.39 is 61.2 Å². The number of carboxylic acids is 1. The van der Waals surface area contributed by atoms with E-state index in [2.05, 4.69) is 10.3 Å². The maximum Gasteiger partial charge on any atom is 0.322 e. The van der Waals surface area contributed by atoms with E-state index in [0.29, 0.717) is 11.3 Å².